The van der Waals surface area contributed by atoms with Crippen LogP contribution in [0.25, 0.3) is 10.4 Å². The zero-order chi connectivity index (χ0) is 20.4. The maximum atomic E-state index is 13.2. The highest BCUT2D eigenvalue weighted by Gasteiger charge is 2.36. The lowest BCUT2D eigenvalue weighted by atomic mass is 9.83. The third-order valence-electron chi connectivity index (χ3n) is 4.72. The number of rotatable bonds is 4. The molecule has 1 aliphatic heterocycles. The molecule has 7 nitrogen and oxygen atoms in total. The molecule has 2 unspecified atom stereocenters. The van der Waals surface area contributed by atoms with Gasteiger partial charge in [0.05, 0.1) is 0 Å². The van der Waals surface area contributed by atoms with Gasteiger partial charge in [0, 0.05) is 16.1 Å². The molecule has 1 aromatic carbocycles. The van der Waals surface area contributed by atoms with Crippen molar-refractivity contribution >= 4 is 17.5 Å². The molecule has 146 valence electrons. The average molecular weight is 371 g/mol. The minimum Gasteiger partial charge on any atom is -0.350 e. The van der Waals surface area contributed by atoms with Crippen LogP contribution in [0.15, 0.2) is 23.3 Å². The predicted molar refractivity (Wildman–Crippen MR) is 107 cm³/mol. The van der Waals surface area contributed by atoms with E-state index in [2.05, 4.69) is 29.2 Å². The van der Waals surface area contributed by atoms with Crippen molar-refractivity contribution < 1.29 is 9.59 Å². The molecule has 2 rings (SSSR count). The summed E-state index contributed by atoms with van der Waals surface area (Å²) in [7, 11) is 0. The van der Waals surface area contributed by atoms with E-state index in [0.717, 1.165) is 16.8 Å². The molecule has 27 heavy (non-hydrogen) atoms. The number of aryl methyl sites for hydroxylation is 1. The van der Waals surface area contributed by atoms with Crippen LogP contribution in [0.2, 0.25) is 0 Å². The molecule has 0 radical (unpaired) electrons. The first-order valence-corrected chi connectivity index (χ1v) is 9.30. The summed E-state index contributed by atoms with van der Waals surface area (Å²) >= 11 is 0. The van der Waals surface area contributed by atoms with Gasteiger partial charge >= 0.3 is 0 Å². The second-order valence-corrected chi connectivity index (χ2v) is 8.59. The van der Waals surface area contributed by atoms with Gasteiger partial charge in [-0.1, -0.05) is 31.1 Å². The summed E-state index contributed by atoms with van der Waals surface area (Å²) < 4.78 is 0. The minimum atomic E-state index is -0.822. The highest BCUT2D eigenvalue weighted by atomic mass is 16.2. The van der Waals surface area contributed by atoms with Gasteiger partial charge < -0.3 is 10.2 Å². The van der Waals surface area contributed by atoms with Crippen LogP contribution in [-0.4, -0.2) is 29.9 Å². The Kier molecular flexibility index (Phi) is 6.16. The van der Waals surface area contributed by atoms with E-state index >= 15 is 0 Å². The van der Waals surface area contributed by atoms with Crippen LogP contribution in [-0.2, 0) is 9.59 Å². The van der Waals surface area contributed by atoms with Gasteiger partial charge in [0.2, 0.25) is 11.8 Å². The fourth-order valence-corrected chi connectivity index (χ4v) is 3.52. The van der Waals surface area contributed by atoms with Gasteiger partial charge in [-0.2, -0.15) is 0 Å². The lowest BCUT2D eigenvalue weighted by Gasteiger charge is -2.28. The minimum absolute atomic E-state index is 0.0655. The maximum absolute atomic E-state index is 13.2. The smallest absolute Gasteiger partial charge is 0.240 e. The number of carbonyl (C=O) groups excluding carboxylic acids is 2. The molecular formula is C20H29N5O2. The SMILES string of the molecule is Cc1ccc2c(c1)N(CC(=O)NC(C)(C)C)C(=O)C(N=[N+]=[N-])CC2C(C)C. The van der Waals surface area contributed by atoms with E-state index in [4.69, 9.17) is 5.53 Å². The van der Waals surface area contributed by atoms with Gasteiger partial charge in [-0.05, 0) is 68.7 Å². The normalized spacial score (nSPS) is 20.0. The van der Waals surface area contributed by atoms with Gasteiger partial charge in [-0.15, -0.1) is 0 Å². The zero-order valence-electron chi connectivity index (χ0n) is 17.0. The summed E-state index contributed by atoms with van der Waals surface area (Å²) in [5, 5.41) is 6.65. The van der Waals surface area contributed by atoms with Crippen LogP contribution < -0.4 is 10.2 Å². The first-order chi connectivity index (χ1) is 12.5. The van der Waals surface area contributed by atoms with Crippen molar-refractivity contribution in [3.8, 4) is 0 Å². The lowest BCUT2D eigenvalue weighted by Crippen LogP contribution is -2.49. The summed E-state index contributed by atoms with van der Waals surface area (Å²) in [5.41, 5.74) is 11.3. The summed E-state index contributed by atoms with van der Waals surface area (Å²) in [6, 6.07) is 5.15. The van der Waals surface area contributed by atoms with Gasteiger partial charge in [-0.3, -0.25) is 9.59 Å². The Hall–Kier alpha value is -2.53. The van der Waals surface area contributed by atoms with Crippen molar-refractivity contribution in [2.45, 2.75) is 65.5 Å². The van der Waals surface area contributed by atoms with Crippen molar-refractivity contribution in [2.24, 2.45) is 11.0 Å². The molecular weight excluding hydrogens is 342 g/mol. The number of hydrogen-bond donors (Lipinski definition) is 1. The number of amides is 2. The lowest BCUT2D eigenvalue weighted by molar-refractivity contribution is -0.125. The molecule has 0 aromatic heterocycles. The molecule has 1 N–H and O–H groups in total. The Bertz CT molecular complexity index is 775. The van der Waals surface area contributed by atoms with Crippen LogP contribution in [0.3, 0.4) is 0 Å². The maximum Gasteiger partial charge on any atom is 0.240 e. The van der Waals surface area contributed by atoms with Gasteiger partial charge in [-0.25, -0.2) is 0 Å². The first-order valence-electron chi connectivity index (χ1n) is 9.30. The Labute approximate surface area is 160 Å². The van der Waals surface area contributed by atoms with E-state index in [9.17, 15) is 9.59 Å². The fraction of sp³-hybridized carbons (Fsp3) is 0.600. The third-order valence-corrected chi connectivity index (χ3v) is 4.72. The van der Waals surface area contributed by atoms with Crippen molar-refractivity contribution in [3.05, 3.63) is 39.8 Å². The molecule has 0 fully saturated rings. The van der Waals surface area contributed by atoms with E-state index in [0.29, 0.717) is 6.42 Å². The molecule has 0 aliphatic carbocycles. The molecule has 2 atom stereocenters. The Balaban J connectivity index is 2.54. The summed E-state index contributed by atoms with van der Waals surface area (Å²) in [5.74, 6) is -0.243. The number of anilines is 1. The van der Waals surface area contributed by atoms with E-state index in [-0.39, 0.29) is 30.2 Å². The highest BCUT2D eigenvalue weighted by Crippen LogP contribution is 2.40. The van der Waals surface area contributed by atoms with Crippen molar-refractivity contribution in [1.29, 1.82) is 0 Å². The van der Waals surface area contributed by atoms with Gasteiger partial charge in [0.25, 0.3) is 0 Å². The van der Waals surface area contributed by atoms with Crippen LogP contribution in [0.5, 0.6) is 0 Å². The second kappa shape index (κ2) is 8.01. The Morgan fingerprint density at radius 2 is 2.07 bits per heavy atom. The molecule has 0 saturated heterocycles. The topological polar surface area (TPSA) is 98.2 Å². The van der Waals surface area contributed by atoms with Gasteiger partial charge in [0.15, 0.2) is 0 Å². The number of benzene rings is 1. The largest absolute Gasteiger partial charge is 0.350 e. The number of fused-ring (bicyclic) bond motifs is 1. The first kappa shape index (κ1) is 20.8. The van der Waals surface area contributed by atoms with Crippen molar-refractivity contribution in [1.82, 2.24) is 5.32 Å². The van der Waals surface area contributed by atoms with Crippen molar-refractivity contribution in [2.75, 3.05) is 11.4 Å². The number of nitrogens with one attached hydrogen (secondary N) is 1. The van der Waals surface area contributed by atoms with Crippen LogP contribution in [0.1, 0.15) is 58.1 Å². The zero-order valence-corrected chi connectivity index (χ0v) is 17.0. The predicted octanol–water partition coefficient (Wildman–Crippen LogP) is 4.06. The molecule has 0 saturated carbocycles. The molecule has 0 bridgehead atoms. The number of azide groups is 1. The molecule has 0 spiro atoms. The van der Waals surface area contributed by atoms with Gasteiger partial charge in [0.1, 0.15) is 12.6 Å². The number of nitrogens with zero attached hydrogens (tertiary/aromatic N) is 4. The summed E-state index contributed by atoms with van der Waals surface area (Å²) in [6.07, 6.45) is 0.439. The monoisotopic (exact) mass is 371 g/mol. The third kappa shape index (κ3) is 5.01. The molecule has 1 aromatic rings. The molecule has 2 amide bonds. The molecule has 1 aliphatic rings. The van der Waals surface area contributed by atoms with Crippen LogP contribution in [0.4, 0.5) is 5.69 Å². The van der Waals surface area contributed by atoms with E-state index in [1.807, 2.05) is 45.9 Å². The Morgan fingerprint density at radius 3 is 2.63 bits per heavy atom. The summed E-state index contributed by atoms with van der Waals surface area (Å²) in [6.45, 7) is 11.7. The van der Waals surface area contributed by atoms with E-state index in [1.165, 1.54) is 4.90 Å². The second-order valence-electron chi connectivity index (χ2n) is 8.59. The standard InChI is InChI=1S/C20H29N5O2/c1-12(2)15-10-16(23-24-21)19(27)25(11-18(26)22-20(4,5)6)17-9-13(3)7-8-14(15)17/h7-9,12,15-16H,10-11H2,1-6H3,(H,22,26). The molecule has 1 heterocycles. The Morgan fingerprint density at radius 1 is 1.41 bits per heavy atom. The van der Waals surface area contributed by atoms with Crippen LogP contribution >= 0.6 is 0 Å². The van der Waals surface area contributed by atoms with E-state index < -0.39 is 11.6 Å². The fourth-order valence-electron chi connectivity index (χ4n) is 3.52. The van der Waals surface area contributed by atoms with Crippen molar-refractivity contribution in [3.63, 3.8) is 0 Å². The highest BCUT2D eigenvalue weighted by molar-refractivity contribution is 6.03. The quantitative estimate of drug-likeness (QED) is 0.490. The molecule has 7 heteroatoms. The average Bonchev–Trinajstić information content (AvgIpc) is 2.64. The van der Waals surface area contributed by atoms with Crippen LogP contribution in [0, 0.1) is 12.8 Å². The number of hydrogen-bond acceptors (Lipinski definition) is 3. The summed E-state index contributed by atoms with van der Waals surface area (Å²) in [4.78, 5) is 30.1. The van der Waals surface area contributed by atoms with E-state index in [1.54, 1.807) is 0 Å². The number of carbonyl (C=O) groups is 2.